The summed E-state index contributed by atoms with van der Waals surface area (Å²) in [4.78, 5) is 26.5. The monoisotopic (exact) mass is 442 g/mol. The zero-order valence-corrected chi connectivity index (χ0v) is 18.1. The third kappa shape index (κ3) is 6.18. The van der Waals surface area contributed by atoms with Crippen molar-refractivity contribution in [3.8, 4) is 0 Å². The van der Waals surface area contributed by atoms with Gasteiger partial charge in [0.2, 0.25) is 0 Å². The number of rotatable bonds is 10. The molecule has 0 aliphatic carbocycles. The standard InChI is InChI=1S/C21H28F2N2O4S/c1-15(8-7-13-30-29-16(2)26)25-18(14-24(3)20(25)28)11-12-19(27)21(22,23)17-9-5-4-6-10-17/h4-6,9-12,15,18-19,27H,7-8,13-14H2,1-3H3/b12-11+/t15?,18-,19?/m0/s1. The molecule has 0 spiro atoms. The lowest BCUT2D eigenvalue weighted by molar-refractivity contribution is -0.130. The number of hydrogen-bond donors (Lipinski definition) is 1. The van der Waals surface area contributed by atoms with Crippen molar-refractivity contribution in [2.75, 3.05) is 19.3 Å². The molecular weight excluding hydrogens is 414 g/mol. The summed E-state index contributed by atoms with van der Waals surface area (Å²) in [7, 11) is 1.65. The van der Waals surface area contributed by atoms with Crippen molar-refractivity contribution in [3.63, 3.8) is 0 Å². The smallest absolute Gasteiger partial charge is 0.320 e. The predicted octanol–water partition coefficient (Wildman–Crippen LogP) is 3.81. The maximum Gasteiger partial charge on any atom is 0.320 e. The van der Waals surface area contributed by atoms with E-state index in [9.17, 15) is 23.5 Å². The van der Waals surface area contributed by atoms with E-state index < -0.39 is 18.1 Å². The molecule has 0 saturated carbocycles. The highest BCUT2D eigenvalue weighted by Crippen LogP contribution is 2.32. The minimum absolute atomic E-state index is 0.137. The first kappa shape index (κ1) is 24.1. The molecule has 1 N–H and O–H groups in total. The molecule has 1 aromatic rings. The number of carbonyl (C=O) groups is 2. The fraction of sp³-hybridized carbons (Fsp3) is 0.524. The van der Waals surface area contributed by atoms with Crippen molar-refractivity contribution in [2.45, 2.75) is 50.8 Å². The van der Waals surface area contributed by atoms with Crippen molar-refractivity contribution in [1.82, 2.24) is 9.80 Å². The average Bonchev–Trinajstić information content (AvgIpc) is 2.99. The Bertz CT molecular complexity index is 748. The van der Waals surface area contributed by atoms with Gasteiger partial charge in [-0.1, -0.05) is 42.5 Å². The van der Waals surface area contributed by atoms with Gasteiger partial charge >= 0.3 is 17.9 Å². The number of halogens is 2. The number of likely N-dealkylation sites (N-methyl/N-ethyl adjacent to an activating group) is 1. The van der Waals surface area contributed by atoms with E-state index in [0.717, 1.165) is 24.5 Å². The number of urea groups is 1. The second-order valence-corrected chi connectivity index (χ2v) is 8.16. The van der Waals surface area contributed by atoms with Crippen LogP contribution in [0.5, 0.6) is 0 Å². The first-order valence-corrected chi connectivity index (χ1v) is 10.7. The van der Waals surface area contributed by atoms with Crippen molar-refractivity contribution < 1.29 is 27.7 Å². The van der Waals surface area contributed by atoms with Crippen molar-refractivity contribution in [3.05, 3.63) is 48.0 Å². The summed E-state index contributed by atoms with van der Waals surface area (Å²) in [5.41, 5.74) is -0.266. The van der Waals surface area contributed by atoms with Crippen molar-refractivity contribution in [1.29, 1.82) is 0 Å². The number of aliphatic hydroxyl groups excluding tert-OH is 1. The summed E-state index contributed by atoms with van der Waals surface area (Å²) in [6.07, 6.45) is 1.93. The van der Waals surface area contributed by atoms with Crippen LogP contribution in [0.25, 0.3) is 0 Å². The number of benzene rings is 1. The van der Waals surface area contributed by atoms with Crippen LogP contribution in [0.15, 0.2) is 42.5 Å². The van der Waals surface area contributed by atoms with Gasteiger partial charge in [0.25, 0.3) is 0 Å². The van der Waals surface area contributed by atoms with Gasteiger partial charge in [0, 0.05) is 37.9 Å². The molecule has 1 heterocycles. The largest absolute Gasteiger partial charge is 0.392 e. The number of aliphatic hydroxyl groups is 1. The number of amides is 2. The van der Waals surface area contributed by atoms with Crippen LogP contribution >= 0.6 is 12.0 Å². The van der Waals surface area contributed by atoms with Gasteiger partial charge in [-0.15, -0.1) is 0 Å². The molecule has 6 nitrogen and oxygen atoms in total. The van der Waals surface area contributed by atoms with E-state index in [0.29, 0.717) is 18.7 Å². The molecule has 0 bridgehead atoms. The SMILES string of the molecule is CC(=O)OSCCCC(C)N1C(=O)N(C)C[C@@H]1/C=C/C(O)C(F)(F)c1ccccc1. The van der Waals surface area contributed by atoms with Gasteiger partial charge in [0.15, 0.2) is 0 Å². The molecule has 2 unspecified atom stereocenters. The summed E-state index contributed by atoms with van der Waals surface area (Å²) < 4.78 is 33.8. The summed E-state index contributed by atoms with van der Waals surface area (Å²) in [5, 5.41) is 10.1. The van der Waals surface area contributed by atoms with E-state index in [2.05, 4.69) is 0 Å². The summed E-state index contributed by atoms with van der Waals surface area (Å²) in [5.74, 6) is -3.19. The summed E-state index contributed by atoms with van der Waals surface area (Å²) in [6.45, 7) is 3.58. The highest BCUT2D eigenvalue weighted by atomic mass is 32.2. The lowest BCUT2D eigenvalue weighted by atomic mass is 10.0. The number of alkyl halides is 2. The molecule has 0 aromatic heterocycles. The van der Waals surface area contributed by atoms with E-state index in [-0.39, 0.29) is 23.6 Å². The van der Waals surface area contributed by atoms with Crippen LogP contribution in [-0.4, -0.2) is 64.4 Å². The molecule has 0 radical (unpaired) electrons. The lowest BCUT2D eigenvalue weighted by Gasteiger charge is -2.28. The molecule has 2 amide bonds. The predicted molar refractivity (Wildman–Crippen MR) is 112 cm³/mol. The van der Waals surface area contributed by atoms with Crippen LogP contribution < -0.4 is 0 Å². The maximum absolute atomic E-state index is 14.5. The molecule has 1 aliphatic heterocycles. The maximum atomic E-state index is 14.5. The molecular formula is C21H28F2N2O4S. The second-order valence-electron chi connectivity index (χ2n) is 7.34. The average molecular weight is 443 g/mol. The number of nitrogens with zero attached hydrogens (tertiary/aromatic N) is 2. The Morgan fingerprint density at radius 1 is 1.40 bits per heavy atom. The molecule has 1 fully saturated rings. The van der Waals surface area contributed by atoms with Crippen molar-refractivity contribution >= 4 is 24.0 Å². The third-order valence-corrected chi connectivity index (χ3v) is 5.72. The lowest BCUT2D eigenvalue weighted by Crippen LogP contribution is -2.41. The first-order chi connectivity index (χ1) is 14.1. The molecule has 1 saturated heterocycles. The zero-order valence-electron chi connectivity index (χ0n) is 17.3. The highest BCUT2D eigenvalue weighted by molar-refractivity contribution is 7.95. The van der Waals surface area contributed by atoms with Gasteiger partial charge in [-0.25, -0.2) is 4.79 Å². The van der Waals surface area contributed by atoms with Gasteiger partial charge < -0.3 is 19.1 Å². The Balaban J connectivity index is 2.00. The van der Waals surface area contributed by atoms with E-state index in [4.69, 9.17) is 4.18 Å². The van der Waals surface area contributed by atoms with E-state index in [1.807, 2.05) is 6.92 Å². The molecule has 30 heavy (non-hydrogen) atoms. The molecule has 9 heteroatoms. The van der Waals surface area contributed by atoms with Gasteiger partial charge in [-0.2, -0.15) is 8.78 Å². The fourth-order valence-electron chi connectivity index (χ4n) is 3.34. The van der Waals surface area contributed by atoms with Crippen LogP contribution in [0.3, 0.4) is 0 Å². The Kier molecular flexibility index (Phi) is 8.66. The molecule has 1 aromatic carbocycles. The van der Waals surface area contributed by atoms with Crippen LogP contribution in [-0.2, 0) is 14.9 Å². The van der Waals surface area contributed by atoms with E-state index in [1.54, 1.807) is 18.0 Å². The van der Waals surface area contributed by atoms with Gasteiger partial charge in [-0.3, -0.25) is 4.79 Å². The van der Waals surface area contributed by atoms with E-state index >= 15 is 0 Å². The van der Waals surface area contributed by atoms with Gasteiger partial charge in [0.05, 0.1) is 18.1 Å². The quantitative estimate of drug-likeness (QED) is 0.339. The molecule has 3 atom stereocenters. The normalized spacial score (nSPS) is 19.4. The van der Waals surface area contributed by atoms with Gasteiger partial charge in [0.1, 0.15) is 6.10 Å². The highest BCUT2D eigenvalue weighted by Gasteiger charge is 2.40. The van der Waals surface area contributed by atoms with Crippen LogP contribution in [0.2, 0.25) is 0 Å². The van der Waals surface area contributed by atoms with Crippen LogP contribution in [0.4, 0.5) is 13.6 Å². The van der Waals surface area contributed by atoms with Gasteiger partial charge in [-0.05, 0) is 19.8 Å². The van der Waals surface area contributed by atoms with Crippen LogP contribution in [0.1, 0.15) is 32.3 Å². The minimum Gasteiger partial charge on any atom is -0.392 e. The molecule has 2 rings (SSSR count). The third-order valence-electron chi connectivity index (χ3n) is 4.91. The fourth-order valence-corrected chi connectivity index (χ4v) is 3.88. The topological polar surface area (TPSA) is 70.1 Å². The number of hydrogen-bond acceptors (Lipinski definition) is 5. The Morgan fingerprint density at radius 2 is 2.07 bits per heavy atom. The molecule has 166 valence electrons. The Hall–Kier alpha value is -2.13. The zero-order chi connectivity index (χ0) is 22.3. The first-order valence-electron chi connectivity index (χ1n) is 9.77. The number of carbonyl (C=O) groups excluding carboxylic acids is 2. The summed E-state index contributed by atoms with van der Waals surface area (Å²) in [6, 6.07) is 6.42. The molecule has 1 aliphatic rings. The van der Waals surface area contributed by atoms with E-state index in [1.165, 1.54) is 42.2 Å². The van der Waals surface area contributed by atoms with Crippen molar-refractivity contribution in [2.24, 2.45) is 0 Å². The van der Waals surface area contributed by atoms with Crippen LogP contribution in [0, 0.1) is 0 Å². The minimum atomic E-state index is -3.43. The summed E-state index contributed by atoms with van der Waals surface area (Å²) >= 11 is 1.07. The second kappa shape index (κ2) is 10.8. The Labute approximate surface area is 180 Å². The Morgan fingerprint density at radius 3 is 2.70 bits per heavy atom.